The summed E-state index contributed by atoms with van der Waals surface area (Å²) in [7, 11) is 0. The Kier molecular flexibility index (Phi) is 5.99. The largest absolute Gasteiger partial charge is 0.462 e. The van der Waals surface area contributed by atoms with Crippen LogP contribution in [-0.4, -0.2) is 22.5 Å². The van der Waals surface area contributed by atoms with Crippen LogP contribution in [0, 0.1) is 6.92 Å². The van der Waals surface area contributed by atoms with E-state index in [1.54, 1.807) is 37.4 Å². The van der Waals surface area contributed by atoms with Gasteiger partial charge in [-0.25, -0.2) is 9.78 Å². The summed E-state index contributed by atoms with van der Waals surface area (Å²) < 4.78 is 5.10. The summed E-state index contributed by atoms with van der Waals surface area (Å²) in [5, 5.41) is 6.40. The molecule has 3 rings (SSSR count). The van der Waals surface area contributed by atoms with Crippen LogP contribution >= 0.6 is 0 Å². The molecular weight excluding hydrogens is 340 g/mol. The van der Waals surface area contributed by atoms with Crippen molar-refractivity contribution in [1.29, 1.82) is 0 Å². The second-order valence-electron chi connectivity index (χ2n) is 5.94. The number of rotatable bonds is 7. The molecule has 0 aliphatic heterocycles. The SMILES string of the molecule is CCOC(=O)c1ccccc1Nc1nccc(NCc2ccccc2C)n1. The van der Waals surface area contributed by atoms with Crippen molar-refractivity contribution in [3.8, 4) is 0 Å². The molecule has 3 aromatic rings. The molecule has 1 aromatic heterocycles. The van der Waals surface area contributed by atoms with Gasteiger partial charge in [0.1, 0.15) is 5.82 Å². The maximum absolute atomic E-state index is 12.1. The van der Waals surface area contributed by atoms with Crippen molar-refractivity contribution in [2.45, 2.75) is 20.4 Å². The fourth-order valence-corrected chi connectivity index (χ4v) is 2.61. The molecule has 1 heterocycles. The van der Waals surface area contributed by atoms with Crippen molar-refractivity contribution in [2.75, 3.05) is 17.2 Å². The van der Waals surface area contributed by atoms with Crippen molar-refractivity contribution in [3.05, 3.63) is 77.5 Å². The van der Waals surface area contributed by atoms with Crippen molar-refractivity contribution < 1.29 is 9.53 Å². The van der Waals surface area contributed by atoms with E-state index in [4.69, 9.17) is 4.74 Å². The van der Waals surface area contributed by atoms with Crippen LogP contribution in [0.4, 0.5) is 17.5 Å². The Morgan fingerprint density at radius 2 is 1.85 bits per heavy atom. The molecule has 0 fully saturated rings. The van der Waals surface area contributed by atoms with Gasteiger partial charge in [-0.2, -0.15) is 4.98 Å². The summed E-state index contributed by atoms with van der Waals surface area (Å²) in [6, 6.07) is 17.1. The molecule has 27 heavy (non-hydrogen) atoms. The third-order valence-electron chi connectivity index (χ3n) is 4.05. The number of carbonyl (C=O) groups is 1. The molecule has 0 unspecified atom stereocenters. The van der Waals surface area contributed by atoms with E-state index in [-0.39, 0.29) is 5.97 Å². The van der Waals surface area contributed by atoms with Gasteiger partial charge in [-0.05, 0) is 43.2 Å². The second-order valence-corrected chi connectivity index (χ2v) is 5.94. The van der Waals surface area contributed by atoms with Gasteiger partial charge in [0.2, 0.25) is 5.95 Å². The summed E-state index contributed by atoms with van der Waals surface area (Å²) in [4.78, 5) is 20.8. The minimum absolute atomic E-state index is 0.321. The van der Waals surface area contributed by atoms with Crippen molar-refractivity contribution in [3.63, 3.8) is 0 Å². The smallest absolute Gasteiger partial charge is 0.340 e. The van der Waals surface area contributed by atoms with Gasteiger partial charge in [0.05, 0.1) is 17.9 Å². The highest BCUT2D eigenvalue weighted by Gasteiger charge is 2.12. The number of esters is 1. The van der Waals surface area contributed by atoms with Gasteiger partial charge in [-0.3, -0.25) is 0 Å². The van der Waals surface area contributed by atoms with Gasteiger partial charge in [-0.15, -0.1) is 0 Å². The Balaban J connectivity index is 1.73. The number of hydrogen-bond acceptors (Lipinski definition) is 6. The van der Waals surface area contributed by atoms with Crippen LogP contribution in [-0.2, 0) is 11.3 Å². The number of hydrogen-bond donors (Lipinski definition) is 2. The topological polar surface area (TPSA) is 76.1 Å². The van der Waals surface area contributed by atoms with Gasteiger partial charge in [0.15, 0.2) is 0 Å². The standard InChI is InChI=1S/C21H22N4O2/c1-3-27-20(26)17-10-6-7-11-18(17)24-21-22-13-12-19(25-21)23-14-16-9-5-4-8-15(16)2/h4-13H,3,14H2,1-2H3,(H2,22,23,24,25). The van der Waals surface area contributed by atoms with Crippen molar-refractivity contribution in [2.24, 2.45) is 0 Å². The molecule has 0 saturated carbocycles. The normalized spacial score (nSPS) is 10.3. The number of ether oxygens (including phenoxy) is 1. The first-order chi connectivity index (χ1) is 13.2. The number of para-hydroxylation sites is 1. The summed E-state index contributed by atoms with van der Waals surface area (Å²) in [5.41, 5.74) is 3.48. The van der Waals surface area contributed by atoms with Gasteiger partial charge in [0.25, 0.3) is 0 Å². The maximum Gasteiger partial charge on any atom is 0.340 e. The second kappa shape index (κ2) is 8.80. The van der Waals surface area contributed by atoms with E-state index in [0.717, 1.165) is 0 Å². The van der Waals surface area contributed by atoms with Crippen molar-refractivity contribution >= 4 is 23.4 Å². The van der Waals surface area contributed by atoms with Gasteiger partial charge in [-0.1, -0.05) is 36.4 Å². The van der Waals surface area contributed by atoms with Crippen molar-refractivity contribution in [1.82, 2.24) is 9.97 Å². The van der Waals surface area contributed by atoms with Crippen LogP contribution < -0.4 is 10.6 Å². The highest BCUT2D eigenvalue weighted by atomic mass is 16.5. The predicted molar refractivity (Wildman–Crippen MR) is 106 cm³/mol. The molecule has 6 heteroatoms. The fourth-order valence-electron chi connectivity index (χ4n) is 2.61. The lowest BCUT2D eigenvalue weighted by molar-refractivity contribution is 0.0527. The molecule has 2 aromatic carbocycles. The zero-order valence-corrected chi connectivity index (χ0v) is 15.4. The number of nitrogens with one attached hydrogen (secondary N) is 2. The molecule has 0 spiro atoms. The molecule has 0 atom stereocenters. The van der Waals surface area contributed by atoms with Gasteiger partial charge < -0.3 is 15.4 Å². The molecular formula is C21H22N4O2. The minimum Gasteiger partial charge on any atom is -0.462 e. The van der Waals surface area contributed by atoms with Gasteiger partial charge >= 0.3 is 5.97 Å². The Morgan fingerprint density at radius 3 is 2.67 bits per heavy atom. The van der Waals surface area contributed by atoms with Crippen LogP contribution in [0.15, 0.2) is 60.8 Å². The lowest BCUT2D eigenvalue weighted by atomic mass is 10.1. The first-order valence-electron chi connectivity index (χ1n) is 8.82. The number of carbonyl (C=O) groups excluding carboxylic acids is 1. The number of nitrogens with zero attached hydrogens (tertiary/aromatic N) is 2. The molecule has 0 amide bonds. The molecule has 0 saturated heterocycles. The highest BCUT2D eigenvalue weighted by Crippen LogP contribution is 2.20. The molecule has 0 radical (unpaired) electrons. The van der Waals surface area contributed by atoms with E-state index < -0.39 is 0 Å². The number of aryl methyl sites for hydroxylation is 1. The summed E-state index contributed by atoms with van der Waals surface area (Å²) in [6.07, 6.45) is 1.67. The quantitative estimate of drug-likeness (QED) is 0.610. The van der Waals surface area contributed by atoms with Gasteiger partial charge in [0, 0.05) is 12.7 Å². The maximum atomic E-state index is 12.1. The molecule has 0 aliphatic rings. The molecule has 0 bridgehead atoms. The molecule has 138 valence electrons. The van der Waals surface area contributed by atoms with E-state index in [1.165, 1.54) is 11.1 Å². The fraction of sp³-hybridized carbons (Fsp3) is 0.190. The van der Waals surface area contributed by atoms with Crippen LogP contribution in [0.3, 0.4) is 0 Å². The van der Waals surface area contributed by atoms with E-state index in [2.05, 4.69) is 39.7 Å². The Bertz CT molecular complexity index is 927. The van der Waals surface area contributed by atoms with Crippen LogP contribution in [0.5, 0.6) is 0 Å². The summed E-state index contributed by atoms with van der Waals surface area (Å²) >= 11 is 0. The van der Waals surface area contributed by atoms with Crippen LogP contribution in [0.1, 0.15) is 28.4 Å². The zero-order valence-electron chi connectivity index (χ0n) is 15.4. The predicted octanol–water partition coefficient (Wildman–Crippen LogP) is 4.32. The first-order valence-corrected chi connectivity index (χ1v) is 8.82. The highest BCUT2D eigenvalue weighted by molar-refractivity contribution is 5.96. The average molecular weight is 362 g/mol. The van der Waals surface area contributed by atoms with E-state index in [0.29, 0.717) is 36.2 Å². The van der Waals surface area contributed by atoms with E-state index in [9.17, 15) is 4.79 Å². The summed E-state index contributed by atoms with van der Waals surface area (Å²) in [6.45, 7) is 4.85. The minimum atomic E-state index is -0.380. The number of anilines is 3. The average Bonchev–Trinajstić information content (AvgIpc) is 2.68. The number of benzene rings is 2. The third-order valence-corrected chi connectivity index (χ3v) is 4.05. The Hall–Kier alpha value is -3.41. The molecule has 6 nitrogen and oxygen atoms in total. The Morgan fingerprint density at radius 1 is 1.07 bits per heavy atom. The van der Waals surface area contributed by atoms with Crippen LogP contribution in [0.2, 0.25) is 0 Å². The third kappa shape index (κ3) is 4.82. The van der Waals surface area contributed by atoms with Crippen LogP contribution in [0.25, 0.3) is 0 Å². The van der Waals surface area contributed by atoms with E-state index >= 15 is 0 Å². The lowest BCUT2D eigenvalue weighted by Gasteiger charge is -2.12. The summed E-state index contributed by atoms with van der Waals surface area (Å²) in [5.74, 6) is 0.723. The first kappa shape index (κ1) is 18.4. The molecule has 2 N–H and O–H groups in total. The Labute approximate surface area is 158 Å². The lowest BCUT2D eigenvalue weighted by Crippen LogP contribution is -2.09. The van der Waals surface area contributed by atoms with E-state index in [1.807, 2.05) is 18.2 Å². The number of aromatic nitrogens is 2. The zero-order chi connectivity index (χ0) is 19.1. The monoisotopic (exact) mass is 362 g/mol. The molecule has 0 aliphatic carbocycles.